The Morgan fingerprint density at radius 2 is 2.04 bits per heavy atom. The average Bonchev–Trinajstić information content (AvgIpc) is 3.46. The third-order valence-corrected chi connectivity index (χ3v) is 5.47. The molecule has 2 N–H and O–H groups in total. The van der Waals surface area contributed by atoms with Gasteiger partial charge in [-0.05, 0) is 18.4 Å². The molecule has 8 heteroatoms. The minimum absolute atomic E-state index is 0.0590. The number of nitrogens with two attached hydrogens (primary N) is 1. The van der Waals surface area contributed by atoms with Gasteiger partial charge in [-0.1, -0.05) is 48.2 Å². The molecule has 1 saturated carbocycles. The van der Waals surface area contributed by atoms with Crippen molar-refractivity contribution in [2.45, 2.75) is 43.4 Å². The minimum Gasteiger partial charge on any atom is -0.370 e. The van der Waals surface area contributed by atoms with E-state index < -0.39 is 5.91 Å². The van der Waals surface area contributed by atoms with Crippen molar-refractivity contribution < 1.29 is 9.59 Å². The number of carbonyl (C=O) groups excluding carboxylic acids is 2. The van der Waals surface area contributed by atoms with Gasteiger partial charge in [0, 0.05) is 32.0 Å². The molecule has 0 aliphatic heterocycles. The molecular formula is C20H25N5O2S. The third-order valence-electron chi connectivity index (χ3n) is 4.52. The molecule has 0 atom stereocenters. The predicted octanol–water partition coefficient (Wildman–Crippen LogP) is 2.34. The quantitative estimate of drug-likeness (QED) is 0.462. The number of primary amides is 1. The predicted molar refractivity (Wildman–Crippen MR) is 109 cm³/mol. The molecule has 2 amide bonds. The van der Waals surface area contributed by atoms with Gasteiger partial charge in [0.25, 0.3) is 0 Å². The lowest BCUT2D eigenvalue weighted by Crippen LogP contribution is -2.34. The molecule has 0 unspecified atom stereocenters. The van der Waals surface area contributed by atoms with E-state index in [2.05, 4.69) is 16.8 Å². The molecule has 28 heavy (non-hydrogen) atoms. The summed E-state index contributed by atoms with van der Waals surface area (Å²) in [6, 6.07) is 9.70. The van der Waals surface area contributed by atoms with Crippen LogP contribution in [0, 0.1) is 0 Å². The lowest BCUT2D eigenvalue weighted by Gasteiger charge is -2.22. The number of hydrogen-bond acceptors (Lipinski definition) is 5. The highest BCUT2D eigenvalue weighted by Gasteiger charge is 2.30. The second-order valence-corrected chi connectivity index (χ2v) is 7.76. The monoisotopic (exact) mass is 399 g/mol. The first kappa shape index (κ1) is 20.1. The Morgan fingerprint density at radius 1 is 1.29 bits per heavy atom. The molecule has 0 spiro atoms. The SMILES string of the molecule is C=CCn1c(SCC(=O)N(CCC(N)=O)Cc2ccccc2)nnc1C1CC1. The van der Waals surface area contributed by atoms with Gasteiger partial charge in [0.2, 0.25) is 11.8 Å². The number of aromatic nitrogens is 3. The molecule has 0 radical (unpaired) electrons. The summed E-state index contributed by atoms with van der Waals surface area (Å²) in [7, 11) is 0. The van der Waals surface area contributed by atoms with Crippen LogP contribution in [0.2, 0.25) is 0 Å². The van der Waals surface area contributed by atoms with E-state index in [1.807, 2.05) is 41.0 Å². The van der Waals surface area contributed by atoms with Gasteiger partial charge >= 0.3 is 0 Å². The van der Waals surface area contributed by atoms with Crippen LogP contribution in [0.25, 0.3) is 0 Å². The summed E-state index contributed by atoms with van der Waals surface area (Å²) in [5.41, 5.74) is 6.29. The standard InChI is InChI=1S/C20H25N5O2S/c1-2-11-25-19(16-8-9-16)22-23-20(25)28-14-18(27)24(12-10-17(21)26)13-15-6-4-3-5-7-15/h2-7,16H,1,8-14H2,(H2,21,26). The molecule has 2 aromatic rings. The normalized spacial score (nSPS) is 13.3. The molecule has 3 rings (SSSR count). The van der Waals surface area contributed by atoms with Crippen molar-refractivity contribution in [3.05, 3.63) is 54.4 Å². The van der Waals surface area contributed by atoms with E-state index in [4.69, 9.17) is 5.73 Å². The summed E-state index contributed by atoms with van der Waals surface area (Å²) < 4.78 is 2.04. The van der Waals surface area contributed by atoms with Crippen LogP contribution in [0.4, 0.5) is 0 Å². The van der Waals surface area contributed by atoms with Crippen molar-refractivity contribution in [2.75, 3.05) is 12.3 Å². The van der Waals surface area contributed by atoms with Crippen molar-refractivity contribution in [3.63, 3.8) is 0 Å². The van der Waals surface area contributed by atoms with Gasteiger partial charge in [-0.15, -0.1) is 16.8 Å². The summed E-state index contributed by atoms with van der Waals surface area (Å²) in [6.07, 6.45) is 4.23. The fraction of sp³-hybridized carbons (Fsp3) is 0.400. The van der Waals surface area contributed by atoms with Crippen LogP contribution in [0.15, 0.2) is 48.1 Å². The van der Waals surface area contributed by atoms with Crippen LogP contribution < -0.4 is 5.73 Å². The van der Waals surface area contributed by atoms with E-state index in [9.17, 15) is 9.59 Å². The van der Waals surface area contributed by atoms with E-state index in [-0.39, 0.29) is 18.1 Å². The van der Waals surface area contributed by atoms with Crippen LogP contribution in [0.1, 0.15) is 36.6 Å². The lowest BCUT2D eigenvalue weighted by molar-refractivity contribution is -0.129. The molecule has 1 aliphatic carbocycles. The van der Waals surface area contributed by atoms with Crippen LogP contribution >= 0.6 is 11.8 Å². The lowest BCUT2D eigenvalue weighted by atomic mass is 10.2. The maximum absolute atomic E-state index is 12.8. The zero-order chi connectivity index (χ0) is 19.9. The van der Waals surface area contributed by atoms with Crippen molar-refractivity contribution in [1.29, 1.82) is 0 Å². The summed E-state index contributed by atoms with van der Waals surface area (Å²) in [5.74, 6) is 1.20. The Bertz CT molecular complexity index is 832. The van der Waals surface area contributed by atoms with E-state index in [0.29, 0.717) is 25.6 Å². The van der Waals surface area contributed by atoms with Crippen molar-refractivity contribution in [2.24, 2.45) is 5.73 Å². The first-order chi connectivity index (χ1) is 13.6. The third kappa shape index (κ3) is 5.45. The van der Waals surface area contributed by atoms with Crippen molar-refractivity contribution in [1.82, 2.24) is 19.7 Å². The summed E-state index contributed by atoms with van der Waals surface area (Å²) in [5, 5.41) is 9.30. The van der Waals surface area contributed by atoms with Crippen molar-refractivity contribution >= 4 is 23.6 Å². The highest BCUT2D eigenvalue weighted by Crippen LogP contribution is 2.40. The Hall–Kier alpha value is -2.61. The highest BCUT2D eigenvalue weighted by atomic mass is 32.2. The van der Waals surface area contributed by atoms with Gasteiger partial charge < -0.3 is 15.2 Å². The van der Waals surface area contributed by atoms with Gasteiger partial charge in [0.1, 0.15) is 5.82 Å². The number of benzene rings is 1. The van der Waals surface area contributed by atoms with E-state index >= 15 is 0 Å². The Morgan fingerprint density at radius 3 is 2.68 bits per heavy atom. The molecule has 0 bridgehead atoms. The summed E-state index contributed by atoms with van der Waals surface area (Å²) in [4.78, 5) is 25.7. The van der Waals surface area contributed by atoms with Gasteiger partial charge in [0.15, 0.2) is 5.16 Å². The number of hydrogen-bond donors (Lipinski definition) is 1. The molecule has 1 fully saturated rings. The minimum atomic E-state index is -0.418. The molecule has 0 saturated heterocycles. The molecule has 1 aromatic carbocycles. The highest BCUT2D eigenvalue weighted by molar-refractivity contribution is 7.99. The van der Waals surface area contributed by atoms with Crippen LogP contribution in [-0.4, -0.2) is 43.8 Å². The Balaban J connectivity index is 1.65. The van der Waals surface area contributed by atoms with Gasteiger partial charge in [-0.2, -0.15) is 0 Å². The van der Waals surface area contributed by atoms with Crippen LogP contribution in [0.5, 0.6) is 0 Å². The first-order valence-electron chi connectivity index (χ1n) is 9.35. The molecule has 7 nitrogen and oxygen atoms in total. The number of carbonyl (C=O) groups is 2. The first-order valence-corrected chi connectivity index (χ1v) is 10.3. The number of allylic oxidation sites excluding steroid dienone is 1. The van der Waals surface area contributed by atoms with Crippen molar-refractivity contribution in [3.8, 4) is 0 Å². The second-order valence-electron chi connectivity index (χ2n) is 6.82. The fourth-order valence-corrected chi connectivity index (χ4v) is 3.77. The topological polar surface area (TPSA) is 94.1 Å². The summed E-state index contributed by atoms with van der Waals surface area (Å²) in [6.45, 7) is 5.18. The van der Waals surface area contributed by atoms with Gasteiger partial charge in [0.05, 0.1) is 5.75 Å². The van der Waals surface area contributed by atoms with Crippen LogP contribution in [0.3, 0.4) is 0 Å². The van der Waals surface area contributed by atoms with E-state index in [1.165, 1.54) is 11.8 Å². The molecular weight excluding hydrogens is 374 g/mol. The van der Waals surface area contributed by atoms with Gasteiger partial charge in [-0.3, -0.25) is 9.59 Å². The zero-order valence-corrected chi connectivity index (χ0v) is 16.6. The number of nitrogens with zero attached hydrogens (tertiary/aromatic N) is 4. The molecule has 1 heterocycles. The van der Waals surface area contributed by atoms with E-state index in [1.54, 1.807) is 4.90 Å². The van der Waals surface area contributed by atoms with E-state index in [0.717, 1.165) is 29.4 Å². The zero-order valence-electron chi connectivity index (χ0n) is 15.8. The maximum Gasteiger partial charge on any atom is 0.233 e. The summed E-state index contributed by atoms with van der Waals surface area (Å²) >= 11 is 1.37. The second kappa shape index (κ2) is 9.54. The molecule has 1 aromatic heterocycles. The van der Waals surface area contributed by atoms with Crippen LogP contribution in [-0.2, 0) is 22.7 Å². The number of amides is 2. The maximum atomic E-state index is 12.8. The molecule has 148 valence electrons. The number of rotatable bonds is 11. The molecule has 1 aliphatic rings. The smallest absolute Gasteiger partial charge is 0.233 e. The van der Waals surface area contributed by atoms with Gasteiger partial charge in [-0.25, -0.2) is 0 Å². The Kier molecular flexibility index (Phi) is 6.86. The fourth-order valence-electron chi connectivity index (χ4n) is 2.91. The average molecular weight is 400 g/mol. The Labute approximate surface area is 169 Å². The number of thioether (sulfide) groups is 1. The largest absolute Gasteiger partial charge is 0.370 e.